The molecule has 5 nitrogen and oxygen atoms in total. The minimum atomic E-state index is -0.562. The van der Waals surface area contributed by atoms with E-state index in [4.69, 9.17) is 32.9 Å². The zero-order valence-corrected chi connectivity index (χ0v) is 19.5. The summed E-state index contributed by atoms with van der Waals surface area (Å²) >= 11 is 13.0. The van der Waals surface area contributed by atoms with E-state index in [1.54, 1.807) is 0 Å². The molecule has 4 aromatic rings. The number of benzene rings is 3. The molecule has 3 aromatic carbocycles. The summed E-state index contributed by atoms with van der Waals surface area (Å²) in [6.07, 6.45) is 0.410. The number of aromatic nitrogens is 2. The Labute approximate surface area is 202 Å². The van der Waals surface area contributed by atoms with Crippen LogP contribution in [0.2, 0.25) is 10.0 Å². The second-order valence-corrected chi connectivity index (χ2v) is 8.83. The van der Waals surface area contributed by atoms with Gasteiger partial charge in [-0.25, -0.2) is 4.98 Å². The first kappa shape index (κ1) is 22.0. The summed E-state index contributed by atoms with van der Waals surface area (Å²) in [5.74, 6) is 0.765. The number of carbonyl (C=O) groups is 1. The molecule has 0 spiro atoms. The summed E-state index contributed by atoms with van der Waals surface area (Å²) in [6.45, 7) is 2.22. The number of nitrogens with zero attached hydrogens (tertiary/aromatic N) is 3. The van der Waals surface area contributed by atoms with E-state index in [9.17, 15) is 4.79 Å². The maximum absolute atomic E-state index is 13.9. The molecule has 1 unspecified atom stereocenters. The summed E-state index contributed by atoms with van der Waals surface area (Å²) in [5, 5.41) is 1.16. The van der Waals surface area contributed by atoms with Gasteiger partial charge in [-0.05, 0) is 35.4 Å². The molecular weight excluding hydrogens is 457 g/mol. The number of carbonyl (C=O) groups excluding carboxylic acids is 1. The maximum atomic E-state index is 13.9. The van der Waals surface area contributed by atoms with Crippen LogP contribution in [0.25, 0.3) is 11.0 Å². The van der Waals surface area contributed by atoms with Gasteiger partial charge in [-0.2, -0.15) is 0 Å². The van der Waals surface area contributed by atoms with Gasteiger partial charge in [-0.15, -0.1) is 0 Å². The lowest BCUT2D eigenvalue weighted by Crippen LogP contribution is -2.44. The highest BCUT2D eigenvalue weighted by atomic mass is 35.5. The Morgan fingerprint density at radius 3 is 2.30 bits per heavy atom. The molecular formula is C26H23Cl2N3O2. The third kappa shape index (κ3) is 4.36. The van der Waals surface area contributed by atoms with E-state index in [-0.39, 0.29) is 5.91 Å². The van der Waals surface area contributed by atoms with Crippen LogP contribution in [0.15, 0.2) is 72.8 Å². The molecule has 1 atom stereocenters. The second-order valence-electron chi connectivity index (χ2n) is 8.01. The van der Waals surface area contributed by atoms with Crippen LogP contribution in [-0.2, 0) is 16.0 Å². The maximum Gasteiger partial charge on any atom is 0.250 e. The fraction of sp³-hybridized carbons (Fsp3) is 0.231. The van der Waals surface area contributed by atoms with Gasteiger partial charge in [0.2, 0.25) is 0 Å². The van der Waals surface area contributed by atoms with Gasteiger partial charge in [0.25, 0.3) is 5.91 Å². The van der Waals surface area contributed by atoms with Crippen LogP contribution in [0.1, 0.15) is 23.0 Å². The fourth-order valence-electron chi connectivity index (χ4n) is 4.36. The van der Waals surface area contributed by atoms with Gasteiger partial charge in [-0.1, -0.05) is 71.7 Å². The Balaban J connectivity index is 1.69. The van der Waals surface area contributed by atoms with E-state index in [0.29, 0.717) is 42.8 Å². The van der Waals surface area contributed by atoms with E-state index < -0.39 is 6.04 Å². The smallest absolute Gasteiger partial charge is 0.250 e. The van der Waals surface area contributed by atoms with Gasteiger partial charge in [-0.3, -0.25) is 4.79 Å². The quantitative estimate of drug-likeness (QED) is 0.385. The zero-order chi connectivity index (χ0) is 22.8. The van der Waals surface area contributed by atoms with Gasteiger partial charge < -0.3 is 14.2 Å². The van der Waals surface area contributed by atoms with E-state index in [2.05, 4.69) is 0 Å². The average Bonchev–Trinajstić information content (AvgIpc) is 3.21. The minimum Gasteiger partial charge on any atom is -0.378 e. The molecule has 33 heavy (non-hydrogen) atoms. The molecule has 1 aromatic heterocycles. The molecule has 0 saturated carbocycles. The first-order valence-corrected chi connectivity index (χ1v) is 11.7. The van der Waals surface area contributed by atoms with Crippen LogP contribution < -0.4 is 0 Å². The Hall–Kier alpha value is -2.86. The lowest BCUT2D eigenvalue weighted by atomic mass is 10.0. The lowest BCUT2D eigenvalue weighted by Gasteiger charge is -2.32. The zero-order valence-electron chi connectivity index (χ0n) is 18.0. The molecule has 0 radical (unpaired) electrons. The SMILES string of the molecule is O=C(C(c1ccccc1)n1c(Cc2c(Cl)cccc2Cl)nc2ccccc21)N1CCOCC1. The summed E-state index contributed by atoms with van der Waals surface area (Å²) in [5.41, 5.74) is 3.42. The summed E-state index contributed by atoms with van der Waals surface area (Å²) in [6, 6.07) is 22.6. The van der Waals surface area contributed by atoms with Crippen molar-refractivity contribution in [2.24, 2.45) is 0 Å². The average molecular weight is 480 g/mol. The number of imidazole rings is 1. The molecule has 1 amide bonds. The van der Waals surface area contributed by atoms with E-state index >= 15 is 0 Å². The molecule has 5 rings (SSSR count). The van der Waals surface area contributed by atoms with Crippen LogP contribution in [-0.4, -0.2) is 46.7 Å². The topological polar surface area (TPSA) is 47.4 Å². The molecule has 1 saturated heterocycles. The normalized spacial score (nSPS) is 15.0. The van der Waals surface area contributed by atoms with E-state index in [1.807, 2.05) is 82.3 Å². The standard InChI is InChI=1S/C26H23Cl2N3O2/c27-20-9-6-10-21(28)19(20)17-24-29-22-11-4-5-12-23(22)31(24)25(18-7-2-1-3-8-18)26(32)30-13-15-33-16-14-30/h1-12,25H,13-17H2. The molecule has 2 heterocycles. The Morgan fingerprint density at radius 2 is 1.58 bits per heavy atom. The number of hydrogen-bond acceptors (Lipinski definition) is 3. The van der Waals surface area contributed by atoms with Crippen molar-refractivity contribution in [1.82, 2.24) is 14.5 Å². The molecule has 7 heteroatoms. The third-order valence-corrected chi connectivity index (χ3v) is 6.70. The van der Waals surface area contributed by atoms with Crippen molar-refractivity contribution in [2.75, 3.05) is 26.3 Å². The number of ether oxygens (including phenoxy) is 1. The van der Waals surface area contributed by atoms with Crippen molar-refractivity contribution < 1.29 is 9.53 Å². The first-order valence-electron chi connectivity index (χ1n) is 10.9. The Morgan fingerprint density at radius 1 is 0.909 bits per heavy atom. The number of hydrogen-bond donors (Lipinski definition) is 0. The van der Waals surface area contributed by atoms with Crippen LogP contribution >= 0.6 is 23.2 Å². The van der Waals surface area contributed by atoms with Gasteiger partial charge in [0, 0.05) is 29.6 Å². The lowest BCUT2D eigenvalue weighted by molar-refractivity contribution is -0.137. The van der Waals surface area contributed by atoms with Gasteiger partial charge >= 0.3 is 0 Å². The van der Waals surface area contributed by atoms with Crippen LogP contribution in [0.5, 0.6) is 0 Å². The van der Waals surface area contributed by atoms with E-state index in [0.717, 1.165) is 28.0 Å². The number of morpholine rings is 1. The third-order valence-electron chi connectivity index (χ3n) is 6.00. The number of halogens is 2. The largest absolute Gasteiger partial charge is 0.378 e. The molecule has 1 aliphatic heterocycles. The van der Waals surface area contributed by atoms with Gasteiger partial charge in [0.15, 0.2) is 0 Å². The van der Waals surface area contributed by atoms with Crippen LogP contribution in [0, 0.1) is 0 Å². The highest BCUT2D eigenvalue weighted by molar-refractivity contribution is 6.36. The minimum absolute atomic E-state index is 0.0270. The van der Waals surface area contributed by atoms with Crippen LogP contribution in [0.4, 0.5) is 0 Å². The van der Waals surface area contributed by atoms with Crippen molar-refractivity contribution in [1.29, 1.82) is 0 Å². The first-order chi connectivity index (χ1) is 16.1. The molecule has 0 aliphatic carbocycles. The predicted molar refractivity (Wildman–Crippen MR) is 131 cm³/mol. The summed E-state index contributed by atoms with van der Waals surface area (Å²) in [7, 11) is 0. The van der Waals surface area contributed by atoms with Crippen molar-refractivity contribution >= 4 is 40.1 Å². The Kier molecular flexibility index (Phi) is 6.36. The number of para-hydroxylation sites is 2. The second kappa shape index (κ2) is 9.56. The number of amides is 1. The molecule has 1 fully saturated rings. The highest BCUT2D eigenvalue weighted by Crippen LogP contribution is 2.32. The molecule has 1 aliphatic rings. The molecule has 0 N–H and O–H groups in total. The monoisotopic (exact) mass is 479 g/mol. The molecule has 0 bridgehead atoms. The highest BCUT2D eigenvalue weighted by Gasteiger charge is 2.32. The summed E-state index contributed by atoms with van der Waals surface area (Å²) in [4.78, 5) is 20.7. The Bertz CT molecular complexity index is 1260. The molecule has 168 valence electrons. The summed E-state index contributed by atoms with van der Waals surface area (Å²) < 4.78 is 7.53. The predicted octanol–water partition coefficient (Wildman–Crippen LogP) is 5.38. The number of fused-ring (bicyclic) bond motifs is 1. The van der Waals surface area contributed by atoms with Crippen molar-refractivity contribution in [3.05, 3.63) is 99.8 Å². The van der Waals surface area contributed by atoms with E-state index in [1.165, 1.54) is 0 Å². The van der Waals surface area contributed by atoms with Crippen molar-refractivity contribution in [3.63, 3.8) is 0 Å². The van der Waals surface area contributed by atoms with Gasteiger partial charge in [0.05, 0.1) is 24.2 Å². The van der Waals surface area contributed by atoms with Crippen molar-refractivity contribution in [3.8, 4) is 0 Å². The van der Waals surface area contributed by atoms with Crippen molar-refractivity contribution in [2.45, 2.75) is 12.5 Å². The van der Waals surface area contributed by atoms with Gasteiger partial charge in [0.1, 0.15) is 11.9 Å². The van der Waals surface area contributed by atoms with Crippen LogP contribution in [0.3, 0.4) is 0 Å². The fourth-order valence-corrected chi connectivity index (χ4v) is 4.89. The number of rotatable bonds is 5.